The van der Waals surface area contributed by atoms with Crippen LogP contribution in [0.5, 0.6) is 0 Å². The number of nitrogens with zero attached hydrogens (tertiary/aromatic N) is 1. The molecule has 0 bridgehead atoms. The SMILES string of the molecule is CCNC1CCC(N(C)c2cc(C)cc(C)c2)CC1. The Labute approximate surface area is 118 Å². The Balaban J connectivity index is 1.98. The lowest BCUT2D eigenvalue weighted by atomic mass is 9.90. The van der Waals surface area contributed by atoms with Crippen molar-refractivity contribution >= 4 is 5.69 Å². The average Bonchev–Trinajstić information content (AvgIpc) is 2.38. The Morgan fingerprint density at radius 1 is 1.05 bits per heavy atom. The number of anilines is 1. The first kappa shape index (κ1) is 14.4. The molecule has 1 fully saturated rings. The number of nitrogens with one attached hydrogen (secondary N) is 1. The zero-order valence-electron chi connectivity index (χ0n) is 12.9. The predicted molar refractivity (Wildman–Crippen MR) is 84.0 cm³/mol. The van der Waals surface area contributed by atoms with Gasteiger partial charge < -0.3 is 10.2 Å². The molecule has 0 aromatic heterocycles. The van der Waals surface area contributed by atoms with E-state index in [1.807, 2.05) is 0 Å². The molecule has 1 aromatic carbocycles. The maximum absolute atomic E-state index is 3.58. The maximum Gasteiger partial charge on any atom is 0.0371 e. The first-order chi connectivity index (χ1) is 9.10. The van der Waals surface area contributed by atoms with Crippen molar-refractivity contribution in [3.05, 3.63) is 29.3 Å². The van der Waals surface area contributed by atoms with Gasteiger partial charge >= 0.3 is 0 Å². The van der Waals surface area contributed by atoms with Gasteiger partial charge in [-0.1, -0.05) is 13.0 Å². The van der Waals surface area contributed by atoms with Gasteiger partial charge in [-0.2, -0.15) is 0 Å². The highest BCUT2D eigenvalue weighted by molar-refractivity contribution is 5.51. The minimum Gasteiger partial charge on any atom is -0.372 e. The molecule has 1 saturated carbocycles. The van der Waals surface area contributed by atoms with Gasteiger partial charge in [0.25, 0.3) is 0 Å². The molecule has 1 aliphatic rings. The second-order valence-corrected chi connectivity index (χ2v) is 6.02. The topological polar surface area (TPSA) is 15.3 Å². The molecule has 0 amide bonds. The van der Waals surface area contributed by atoms with Crippen LogP contribution in [0.15, 0.2) is 18.2 Å². The predicted octanol–water partition coefficient (Wildman–Crippen LogP) is 3.66. The van der Waals surface area contributed by atoms with Gasteiger partial charge in [0.1, 0.15) is 0 Å². The molecule has 0 saturated heterocycles. The molecule has 2 heteroatoms. The van der Waals surface area contributed by atoms with Crippen molar-refractivity contribution in [3.8, 4) is 0 Å². The fourth-order valence-corrected chi connectivity index (χ4v) is 3.32. The summed E-state index contributed by atoms with van der Waals surface area (Å²) in [5, 5.41) is 3.58. The number of benzene rings is 1. The first-order valence-electron chi connectivity index (χ1n) is 7.64. The molecule has 2 nitrogen and oxygen atoms in total. The van der Waals surface area contributed by atoms with Gasteiger partial charge in [0.2, 0.25) is 0 Å². The van der Waals surface area contributed by atoms with E-state index in [0.717, 1.165) is 12.6 Å². The lowest BCUT2D eigenvalue weighted by Gasteiger charge is -2.36. The van der Waals surface area contributed by atoms with E-state index < -0.39 is 0 Å². The summed E-state index contributed by atoms with van der Waals surface area (Å²) in [6.45, 7) is 7.68. The van der Waals surface area contributed by atoms with E-state index in [2.05, 4.69) is 56.2 Å². The van der Waals surface area contributed by atoms with Crippen LogP contribution in [0.25, 0.3) is 0 Å². The van der Waals surface area contributed by atoms with Crippen LogP contribution >= 0.6 is 0 Å². The van der Waals surface area contributed by atoms with Crippen molar-refractivity contribution in [2.75, 3.05) is 18.5 Å². The second kappa shape index (κ2) is 6.42. The molecule has 1 N–H and O–H groups in total. The second-order valence-electron chi connectivity index (χ2n) is 6.02. The molecule has 0 atom stereocenters. The van der Waals surface area contributed by atoms with E-state index in [-0.39, 0.29) is 0 Å². The zero-order chi connectivity index (χ0) is 13.8. The van der Waals surface area contributed by atoms with Gasteiger partial charge in [-0.05, 0) is 69.3 Å². The van der Waals surface area contributed by atoms with Gasteiger partial charge in [-0.15, -0.1) is 0 Å². The average molecular weight is 260 g/mol. The summed E-state index contributed by atoms with van der Waals surface area (Å²) >= 11 is 0. The van der Waals surface area contributed by atoms with Crippen molar-refractivity contribution in [1.82, 2.24) is 5.32 Å². The highest BCUT2D eigenvalue weighted by Crippen LogP contribution is 2.27. The zero-order valence-corrected chi connectivity index (χ0v) is 12.9. The van der Waals surface area contributed by atoms with Crippen LogP contribution in [-0.2, 0) is 0 Å². The molecule has 0 unspecified atom stereocenters. The molecule has 0 aliphatic heterocycles. The van der Waals surface area contributed by atoms with Crippen LogP contribution in [0.4, 0.5) is 5.69 Å². The lowest BCUT2D eigenvalue weighted by molar-refractivity contribution is 0.341. The van der Waals surface area contributed by atoms with Crippen LogP contribution < -0.4 is 10.2 Å². The monoisotopic (exact) mass is 260 g/mol. The molecule has 2 rings (SSSR count). The Morgan fingerprint density at radius 2 is 1.63 bits per heavy atom. The van der Waals surface area contributed by atoms with E-state index in [9.17, 15) is 0 Å². The van der Waals surface area contributed by atoms with Crippen molar-refractivity contribution in [2.24, 2.45) is 0 Å². The van der Waals surface area contributed by atoms with E-state index in [1.54, 1.807) is 0 Å². The largest absolute Gasteiger partial charge is 0.372 e. The summed E-state index contributed by atoms with van der Waals surface area (Å²) in [4.78, 5) is 2.49. The van der Waals surface area contributed by atoms with Gasteiger partial charge in [0.05, 0.1) is 0 Å². The van der Waals surface area contributed by atoms with Crippen LogP contribution in [0.3, 0.4) is 0 Å². The summed E-state index contributed by atoms with van der Waals surface area (Å²) in [5.74, 6) is 0. The number of hydrogen-bond donors (Lipinski definition) is 1. The van der Waals surface area contributed by atoms with Gasteiger partial charge in [-0.25, -0.2) is 0 Å². The van der Waals surface area contributed by atoms with Crippen LogP contribution in [0.2, 0.25) is 0 Å². The summed E-state index contributed by atoms with van der Waals surface area (Å²) in [7, 11) is 2.26. The van der Waals surface area contributed by atoms with E-state index in [1.165, 1.54) is 42.5 Å². The minimum atomic E-state index is 0.705. The third kappa shape index (κ3) is 3.73. The first-order valence-corrected chi connectivity index (χ1v) is 7.64. The Hall–Kier alpha value is -1.02. The fraction of sp³-hybridized carbons (Fsp3) is 0.647. The molecular weight excluding hydrogens is 232 g/mol. The van der Waals surface area contributed by atoms with Gasteiger partial charge in [0.15, 0.2) is 0 Å². The Morgan fingerprint density at radius 3 is 2.16 bits per heavy atom. The van der Waals surface area contributed by atoms with E-state index in [0.29, 0.717) is 6.04 Å². The molecule has 106 valence electrons. The minimum absolute atomic E-state index is 0.705. The van der Waals surface area contributed by atoms with Crippen LogP contribution in [0.1, 0.15) is 43.7 Å². The maximum atomic E-state index is 3.58. The number of hydrogen-bond acceptors (Lipinski definition) is 2. The molecule has 1 aliphatic carbocycles. The third-order valence-corrected chi connectivity index (χ3v) is 4.35. The van der Waals surface area contributed by atoms with Crippen molar-refractivity contribution < 1.29 is 0 Å². The summed E-state index contributed by atoms with van der Waals surface area (Å²) in [6.07, 6.45) is 5.24. The summed E-state index contributed by atoms with van der Waals surface area (Å²) in [6, 6.07) is 8.32. The summed E-state index contributed by atoms with van der Waals surface area (Å²) < 4.78 is 0. The fourth-order valence-electron chi connectivity index (χ4n) is 3.32. The normalized spacial score (nSPS) is 23.4. The van der Waals surface area contributed by atoms with Crippen molar-refractivity contribution in [1.29, 1.82) is 0 Å². The van der Waals surface area contributed by atoms with Gasteiger partial charge in [0, 0.05) is 24.8 Å². The molecule has 0 radical (unpaired) electrons. The molecule has 0 heterocycles. The lowest BCUT2D eigenvalue weighted by Crippen LogP contribution is -2.40. The van der Waals surface area contributed by atoms with E-state index >= 15 is 0 Å². The molecular formula is C17H28N2. The third-order valence-electron chi connectivity index (χ3n) is 4.35. The standard InChI is InChI=1S/C17H28N2/c1-5-18-15-6-8-16(9-7-15)19(4)17-11-13(2)10-14(3)12-17/h10-12,15-16,18H,5-9H2,1-4H3. The Bertz CT molecular complexity index is 385. The number of aryl methyl sites for hydroxylation is 2. The smallest absolute Gasteiger partial charge is 0.0371 e. The number of rotatable bonds is 4. The quantitative estimate of drug-likeness (QED) is 0.889. The van der Waals surface area contributed by atoms with Crippen molar-refractivity contribution in [2.45, 2.75) is 58.5 Å². The highest BCUT2D eigenvalue weighted by atomic mass is 15.1. The summed E-state index contributed by atoms with van der Waals surface area (Å²) in [5.41, 5.74) is 4.11. The van der Waals surface area contributed by atoms with Crippen LogP contribution in [-0.4, -0.2) is 25.7 Å². The van der Waals surface area contributed by atoms with Crippen LogP contribution in [0, 0.1) is 13.8 Å². The molecule has 1 aromatic rings. The van der Waals surface area contributed by atoms with Crippen molar-refractivity contribution in [3.63, 3.8) is 0 Å². The van der Waals surface area contributed by atoms with Gasteiger partial charge in [-0.3, -0.25) is 0 Å². The molecule has 19 heavy (non-hydrogen) atoms. The van der Waals surface area contributed by atoms with E-state index in [4.69, 9.17) is 0 Å². The molecule has 0 spiro atoms. The Kier molecular flexibility index (Phi) is 4.87. The highest BCUT2D eigenvalue weighted by Gasteiger charge is 2.23.